The molecule has 4 rings (SSSR count). The first-order chi connectivity index (χ1) is 12.8. The lowest BCUT2D eigenvalue weighted by molar-refractivity contribution is 0.122. The fourth-order valence-electron chi connectivity index (χ4n) is 3.31. The van der Waals surface area contributed by atoms with Gasteiger partial charge in [0, 0.05) is 18.8 Å². The molecule has 0 aromatic heterocycles. The molecule has 3 nitrogen and oxygen atoms in total. The summed E-state index contributed by atoms with van der Waals surface area (Å²) in [6.07, 6.45) is 1.95. The highest BCUT2D eigenvalue weighted by atomic mass is 16.5. The topological polar surface area (TPSA) is 36.3 Å². The summed E-state index contributed by atoms with van der Waals surface area (Å²) in [6, 6.07) is 25.1. The second-order valence-corrected chi connectivity index (χ2v) is 6.42. The molecule has 1 aliphatic heterocycles. The first-order valence-corrected chi connectivity index (χ1v) is 8.87. The molecule has 0 saturated carbocycles. The molecule has 0 aliphatic carbocycles. The molecule has 0 spiro atoms. The molecule has 1 fully saturated rings. The van der Waals surface area contributed by atoms with E-state index < -0.39 is 0 Å². The van der Waals surface area contributed by atoms with Crippen LogP contribution in [-0.2, 0) is 4.74 Å². The van der Waals surface area contributed by atoms with Gasteiger partial charge in [-0.05, 0) is 46.2 Å². The molecule has 1 heterocycles. The number of anilines is 1. The molecule has 3 aromatic carbocycles. The minimum Gasteiger partial charge on any atom is -0.378 e. The van der Waals surface area contributed by atoms with E-state index in [0.29, 0.717) is 5.57 Å². The number of fused-ring (bicyclic) bond motifs is 1. The lowest BCUT2D eigenvalue weighted by atomic mass is 10.00. The lowest BCUT2D eigenvalue weighted by Gasteiger charge is -2.28. The molecular weight excluding hydrogens is 320 g/mol. The van der Waals surface area contributed by atoms with Crippen LogP contribution in [0.3, 0.4) is 0 Å². The third-order valence-electron chi connectivity index (χ3n) is 4.76. The number of ether oxygens (including phenoxy) is 1. The van der Waals surface area contributed by atoms with Crippen LogP contribution in [0.15, 0.2) is 66.7 Å². The van der Waals surface area contributed by atoms with Crippen molar-refractivity contribution in [3.8, 4) is 6.07 Å². The number of benzene rings is 3. The van der Waals surface area contributed by atoms with Gasteiger partial charge in [0.1, 0.15) is 0 Å². The van der Waals surface area contributed by atoms with Crippen molar-refractivity contribution < 1.29 is 4.74 Å². The number of hydrogen-bond donors (Lipinski definition) is 0. The fraction of sp³-hybridized carbons (Fsp3) is 0.174. The molecule has 3 heteroatoms. The predicted octanol–water partition coefficient (Wildman–Crippen LogP) is 4.74. The van der Waals surface area contributed by atoms with E-state index >= 15 is 0 Å². The summed E-state index contributed by atoms with van der Waals surface area (Å²) in [6.45, 7) is 3.41. The highest BCUT2D eigenvalue weighted by Gasteiger charge is 2.10. The molecule has 26 heavy (non-hydrogen) atoms. The zero-order chi connectivity index (χ0) is 17.8. The van der Waals surface area contributed by atoms with Crippen LogP contribution in [0.5, 0.6) is 0 Å². The first-order valence-electron chi connectivity index (χ1n) is 8.87. The van der Waals surface area contributed by atoms with Crippen LogP contribution < -0.4 is 4.90 Å². The molecule has 0 unspecified atom stereocenters. The van der Waals surface area contributed by atoms with Crippen LogP contribution in [0.4, 0.5) is 5.69 Å². The van der Waals surface area contributed by atoms with Crippen molar-refractivity contribution in [1.82, 2.24) is 0 Å². The van der Waals surface area contributed by atoms with E-state index in [4.69, 9.17) is 4.74 Å². The number of hydrogen-bond acceptors (Lipinski definition) is 3. The molecule has 3 aromatic rings. The van der Waals surface area contributed by atoms with Crippen molar-refractivity contribution >= 4 is 28.1 Å². The molecule has 1 aliphatic rings. The Bertz CT molecular complexity index is 977. The lowest BCUT2D eigenvalue weighted by Crippen LogP contribution is -2.36. The van der Waals surface area contributed by atoms with Gasteiger partial charge in [-0.1, -0.05) is 48.5 Å². The first kappa shape index (κ1) is 16.4. The second kappa shape index (κ2) is 7.43. The molecule has 1 saturated heterocycles. The third kappa shape index (κ3) is 3.46. The summed E-state index contributed by atoms with van der Waals surface area (Å²) in [5.41, 5.74) is 3.86. The molecule has 128 valence electrons. The zero-order valence-corrected chi connectivity index (χ0v) is 14.6. The van der Waals surface area contributed by atoms with Crippen LogP contribution in [0.1, 0.15) is 11.1 Å². The van der Waals surface area contributed by atoms with Crippen molar-refractivity contribution in [2.24, 2.45) is 0 Å². The normalized spacial score (nSPS) is 15.0. The Balaban J connectivity index is 1.61. The quantitative estimate of drug-likeness (QED) is 0.510. The van der Waals surface area contributed by atoms with E-state index in [1.807, 2.05) is 24.3 Å². The van der Waals surface area contributed by atoms with Crippen molar-refractivity contribution in [3.63, 3.8) is 0 Å². The Morgan fingerprint density at radius 3 is 2.38 bits per heavy atom. The van der Waals surface area contributed by atoms with E-state index in [2.05, 4.69) is 59.5 Å². The largest absolute Gasteiger partial charge is 0.378 e. The number of morpholine rings is 1. The Morgan fingerprint density at radius 1 is 0.923 bits per heavy atom. The maximum absolute atomic E-state index is 9.63. The molecule has 0 amide bonds. The summed E-state index contributed by atoms with van der Waals surface area (Å²) in [7, 11) is 0. The van der Waals surface area contributed by atoms with Crippen LogP contribution >= 0.6 is 0 Å². The Kier molecular flexibility index (Phi) is 4.68. The third-order valence-corrected chi connectivity index (χ3v) is 4.76. The van der Waals surface area contributed by atoms with Crippen LogP contribution in [0.25, 0.3) is 22.4 Å². The second-order valence-electron chi connectivity index (χ2n) is 6.42. The summed E-state index contributed by atoms with van der Waals surface area (Å²) in [5, 5.41) is 12.0. The van der Waals surface area contributed by atoms with Gasteiger partial charge in [0.25, 0.3) is 0 Å². The van der Waals surface area contributed by atoms with Crippen molar-refractivity contribution in [1.29, 1.82) is 5.26 Å². The van der Waals surface area contributed by atoms with Crippen molar-refractivity contribution in [2.45, 2.75) is 0 Å². The van der Waals surface area contributed by atoms with E-state index in [-0.39, 0.29) is 0 Å². The molecule has 0 atom stereocenters. The number of rotatable bonds is 3. The summed E-state index contributed by atoms with van der Waals surface area (Å²) in [4.78, 5) is 2.32. The van der Waals surface area contributed by atoms with Crippen molar-refractivity contribution in [2.75, 3.05) is 31.2 Å². The number of nitrogens with zero attached hydrogens (tertiary/aromatic N) is 2. The molecule has 0 radical (unpaired) electrons. The molecule has 0 N–H and O–H groups in total. The standard InChI is InChI=1S/C23H20N2O/c24-17-22(21-8-7-19-3-1-2-4-20(19)16-21)15-18-5-9-23(10-6-18)25-11-13-26-14-12-25/h1-10,15-16H,11-14H2/b22-15-. The Morgan fingerprint density at radius 2 is 1.65 bits per heavy atom. The maximum atomic E-state index is 9.63. The molecule has 0 bridgehead atoms. The van der Waals surface area contributed by atoms with Gasteiger partial charge in [-0.15, -0.1) is 0 Å². The number of allylic oxidation sites excluding steroid dienone is 1. The van der Waals surface area contributed by atoms with Gasteiger partial charge in [0.15, 0.2) is 0 Å². The van der Waals surface area contributed by atoms with E-state index in [0.717, 1.165) is 42.8 Å². The average molecular weight is 340 g/mol. The summed E-state index contributed by atoms with van der Waals surface area (Å²) < 4.78 is 5.40. The van der Waals surface area contributed by atoms with Gasteiger partial charge >= 0.3 is 0 Å². The van der Waals surface area contributed by atoms with Gasteiger partial charge in [-0.25, -0.2) is 0 Å². The van der Waals surface area contributed by atoms with Gasteiger partial charge in [0.05, 0.1) is 24.9 Å². The Hall–Kier alpha value is -3.09. The smallest absolute Gasteiger partial charge is 0.0998 e. The van der Waals surface area contributed by atoms with Gasteiger partial charge in [-0.3, -0.25) is 0 Å². The monoisotopic (exact) mass is 340 g/mol. The van der Waals surface area contributed by atoms with E-state index in [9.17, 15) is 5.26 Å². The van der Waals surface area contributed by atoms with Crippen LogP contribution in [0.2, 0.25) is 0 Å². The van der Waals surface area contributed by atoms with E-state index in [1.165, 1.54) is 11.1 Å². The highest BCUT2D eigenvalue weighted by Crippen LogP contribution is 2.24. The number of nitriles is 1. The fourth-order valence-corrected chi connectivity index (χ4v) is 3.31. The maximum Gasteiger partial charge on any atom is 0.0998 e. The minimum absolute atomic E-state index is 0.676. The molecular formula is C23H20N2O. The highest BCUT2D eigenvalue weighted by molar-refractivity contribution is 5.94. The average Bonchev–Trinajstić information content (AvgIpc) is 2.73. The van der Waals surface area contributed by atoms with Crippen LogP contribution in [-0.4, -0.2) is 26.3 Å². The van der Waals surface area contributed by atoms with Gasteiger partial charge < -0.3 is 9.64 Å². The summed E-state index contributed by atoms with van der Waals surface area (Å²) in [5.74, 6) is 0. The minimum atomic E-state index is 0.676. The zero-order valence-electron chi connectivity index (χ0n) is 14.6. The van der Waals surface area contributed by atoms with E-state index in [1.54, 1.807) is 0 Å². The van der Waals surface area contributed by atoms with Crippen molar-refractivity contribution in [3.05, 3.63) is 77.9 Å². The SMILES string of the molecule is N#C/C(=C/c1ccc(N2CCOCC2)cc1)c1ccc2ccccc2c1. The van der Waals surface area contributed by atoms with Gasteiger partial charge in [0.2, 0.25) is 0 Å². The van der Waals surface area contributed by atoms with Gasteiger partial charge in [-0.2, -0.15) is 5.26 Å². The Labute approximate surface area is 153 Å². The summed E-state index contributed by atoms with van der Waals surface area (Å²) >= 11 is 0. The van der Waals surface area contributed by atoms with Crippen LogP contribution in [0, 0.1) is 11.3 Å². The predicted molar refractivity (Wildman–Crippen MR) is 107 cm³/mol.